The predicted molar refractivity (Wildman–Crippen MR) is 76.9 cm³/mol. The molecule has 1 aromatic carbocycles. The van der Waals surface area contributed by atoms with E-state index < -0.39 is 4.92 Å². The first-order valence-electron chi connectivity index (χ1n) is 6.89. The minimum absolute atomic E-state index is 0.0143. The average molecular weight is 277 g/mol. The summed E-state index contributed by atoms with van der Waals surface area (Å²) >= 11 is 0. The van der Waals surface area contributed by atoms with Gasteiger partial charge in [0, 0.05) is 23.4 Å². The van der Waals surface area contributed by atoms with Gasteiger partial charge in [-0.25, -0.2) is 4.79 Å². The number of nitrogens with one attached hydrogen (secondary N) is 2. The highest BCUT2D eigenvalue weighted by Crippen LogP contribution is 2.22. The van der Waals surface area contributed by atoms with Gasteiger partial charge in [0.25, 0.3) is 5.69 Å². The Balaban J connectivity index is 1.96. The number of nitro groups is 1. The zero-order chi connectivity index (χ0) is 14.5. The molecule has 108 valence electrons. The van der Waals surface area contributed by atoms with Crippen molar-refractivity contribution in [3.63, 3.8) is 0 Å². The molecule has 0 unspecified atom stereocenters. The summed E-state index contributed by atoms with van der Waals surface area (Å²) < 4.78 is 0. The first-order valence-corrected chi connectivity index (χ1v) is 6.89. The molecule has 0 atom stereocenters. The van der Waals surface area contributed by atoms with Crippen molar-refractivity contribution in [2.24, 2.45) is 0 Å². The highest BCUT2D eigenvalue weighted by Gasteiger charge is 2.16. The topological polar surface area (TPSA) is 84.3 Å². The van der Waals surface area contributed by atoms with Crippen LogP contribution in [0.15, 0.2) is 18.2 Å². The molecule has 0 aliphatic heterocycles. The Kier molecular flexibility index (Phi) is 4.55. The normalized spacial score (nSPS) is 15.7. The molecule has 0 aromatic heterocycles. The van der Waals surface area contributed by atoms with E-state index in [1.165, 1.54) is 12.5 Å². The molecule has 20 heavy (non-hydrogen) atoms. The lowest BCUT2D eigenvalue weighted by molar-refractivity contribution is -0.385. The summed E-state index contributed by atoms with van der Waals surface area (Å²) in [5, 5.41) is 16.4. The van der Waals surface area contributed by atoms with Crippen molar-refractivity contribution in [2.75, 3.05) is 5.32 Å². The van der Waals surface area contributed by atoms with Gasteiger partial charge in [-0.2, -0.15) is 0 Å². The van der Waals surface area contributed by atoms with Gasteiger partial charge in [0.2, 0.25) is 0 Å². The number of nitrogens with zero attached hydrogens (tertiary/aromatic N) is 1. The second kappa shape index (κ2) is 6.36. The molecule has 6 heteroatoms. The highest BCUT2D eigenvalue weighted by molar-refractivity contribution is 5.89. The van der Waals surface area contributed by atoms with Gasteiger partial charge in [0.05, 0.1) is 4.92 Å². The van der Waals surface area contributed by atoms with Gasteiger partial charge in [-0.05, 0) is 25.8 Å². The number of rotatable bonds is 3. The molecule has 2 amide bonds. The van der Waals surface area contributed by atoms with Gasteiger partial charge >= 0.3 is 6.03 Å². The third kappa shape index (κ3) is 3.69. The fourth-order valence-corrected chi connectivity index (χ4v) is 2.48. The van der Waals surface area contributed by atoms with Crippen LogP contribution in [-0.4, -0.2) is 17.0 Å². The lowest BCUT2D eigenvalue weighted by Crippen LogP contribution is -2.39. The Morgan fingerprint density at radius 1 is 1.30 bits per heavy atom. The molecular formula is C14H19N3O3. The fourth-order valence-electron chi connectivity index (χ4n) is 2.48. The van der Waals surface area contributed by atoms with Crippen LogP contribution in [0.3, 0.4) is 0 Å². The van der Waals surface area contributed by atoms with Gasteiger partial charge in [-0.15, -0.1) is 0 Å². The molecule has 1 fully saturated rings. The zero-order valence-corrected chi connectivity index (χ0v) is 11.5. The van der Waals surface area contributed by atoms with Crippen LogP contribution in [0.2, 0.25) is 0 Å². The van der Waals surface area contributed by atoms with E-state index in [0.717, 1.165) is 25.7 Å². The van der Waals surface area contributed by atoms with Crippen molar-refractivity contribution in [1.82, 2.24) is 5.32 Å². The smallest absolute Gasteiger partial charge is 0.319 e. The van der Waals surface area contributed by atoms with E-state index in [1.807, 2.05) is 0 Å². The highest BCUT2D eigenvalue weighted by atomic mass is 16.6. The van der Waals surface area contributed by atoms with Crippen molar-refractivity contribution in [3.05, 3.63) is 33.9 Å². The molecule has 0 saturated heterocycles. The summed E-state index contributed by atoms with van der Waals surface area (Å²) in [6.07, 6.45) is 5.51. The number of urea groups is 1. The van der Waals surface area contributed by atoms with Crippen molar-refractivity contribution in [3.8, 4) is 0 Å². The van der Waals surface area contributed by atoms with Crippen LogP contribution in [0.4, 0.5) is 16.2 Å². The SMILES string of the molecule is Cc1ccc(NC(=O)NC2CCCCC2)cc1[N+](=O)[O-]. The van der Waals surface area contributed by atoms with E-state index in [4.69, 9.17) is 0 Å². The monoisotopic (exact) mass is 277 g/mol. The van der Waals surface area contributed by atoms with E-state index in [1.54, 1.807) is 19.1 Å². The molecule has 2 N–H and O–H groups in total. The Labute approximate surface area is 117 Å². The number of aryl methyl sites for hydroxylation is 1. The van der Waals surface area contributed by atoms with Crippen LogP contribution in [0.25, 0.3) is 0 Å². The molecule has 0 spiro atoms. The fraction of sp³-hybridized carbons (Fsp3) is 0.500. The van der Waals surface area contributed by atoms with E-state index >= 15 is 0 Å². The molecule has 1 aromatic rings. The van der Waals surface area contributed by atoms with Gasteiger partial charge in [0.1, 0.15) is 0 Å². The van der Waals surface area contributed by atoms with Gasteiger partial charge in [0.15, 0.2) is 0 Å². The van der Waals surface area contributed by atoms with E-state index in [9.17, 15) is 14.9 Å². The first kappa shape index (κ1) is 14.3. The van der Waals surface area contributed by atoms with Crippen molar-refractivity contribution < 1.29 is 9.72 Å². The number of carbonyl (C=O) groups is 1. The Hall–Kier alpha value is -2.11. The number of hydrogen-bond acceptors (Lipinski definition) is 3. The minimum atomic E-state index is -0.445. The number of benzene rings is 1. The lowest BCUT2D eigenvalue weighted by Gasteiger charge is -2.22. The molecule has 1 aliphatic rings. The summed E-state index contributed by atoms with van der Waals surface area (Å²) in [5.41, 5.74) is 1.03. The Bertz CT molecular complexity index is 510. The zero-order valence-electron chi connectivity index (χ0n) is 11.5. The molecular weight excluding hydrogens is 258 g/mol. The summed E-state index contributed by atoms with van der Waals surface area (Å²) in [4.78, 5) is 22.3. The number of amides is 2. The standard InChI is InChI=1S/C14H19N3O3/c1-10-7-8-12(9-13(10)17(19)20)16-14(18)15-11-5-3-2-4-6-11/h7-9,11H,2-6H2,1H3,(H2,15,16,18). The molecule has 0 radical (unpaired) electrons. The van der Waals surface area contributed by atoms with Crippen LogP contribution < -0.4 is 10.6 Å². The maximum absolute atomic E-state index is 11.9. The number of nitro benzene ring substituents is 1. The molecule has 1 aliphatic carbocycles. The molecule has 6 nitrogen and oxygen atoms in total. The maximum atomic E-state index is 11.9. The van der Waals surface area contributed by atoms with Gasteiger partial charge in [-0.3, -0.25) is 10.1 Å². The quantitative estimate of drug-likeness (QED) is 0.656. The summed E-state index contributed by atoms with van der Waals surface area (Å²) in [6, 6.07) is 4.60. The third-order valence-electron chi connectivity index (χ3n) is 3.60. The maximum Gasteiger partial charge on any atom is 0.319 e. The molecule has 0 heterocycles. The Morgan fingerprint density at radius 2 is 2.00 bits per heavy atom. The van der Waals surface area contributed by atoms with Crippen LogP contribution in [0, 0.1) is 17.0 Å². The Morgan fingerprint density at radius 3 is 2.65 bits per heavy atom. The van der Waals surface area contributed by atoms with Crippen LogP contribution >= 0.6 is 0 Å². The third-order valence-corrected chi connectivity index (χ3v) is 3.60. The molecule has 2 rings (SSSR count). The predicted octanol–water partition coefficient (Wildman–Crippen LogP) is 3.36. The summed E-state index contributed by atoms with van der Waals surface area (Å²) in [7, 11) is 0. The number of hydrogen-bond donors (Lipinski definition) is 2. The van der Waals surface area contributed by atoms with Crippen LogP contribution in [0.5, 0.6) is 0 Å². The van der Waals surface area contributed by atoms with Crippen LogP contribution in [0.1, 0.15) is 37.7 Å². The number of anilines is 1. The second-order valence-corrected chi connectivity index (χ2v) is 5.19. The van der Waals surface area contributed by atoms with E-state index in [-0.39, 0.29) is 17.8 Å². The number of carbonyl (C=O) groups excluding carboxylic acids is 1. The van der Waals surface area contributed by atoms with Gasteiger partial charge in [-0.1, -0.05) is 25.3 Å². The lowest BCUT2D eigenvalue weighted by atomic mass is 9.96. The van der Waals surface area contributed by atoms with Crippen molar-refractivity contribution >= 4 is 17.4 Å². The summed E-state index contributed by atoms with van der Waals surface area (Å²) in [6.45, 7) is 1.67. The van der Waals surface area contributed by atoms with E-state index in [2.05, 4.69) is 10.6 Å². The molecule has 1 saturated carbocycles. The average Bonchev–Trinajstić information content (AvgIpc) is 2.41. The van der Waals surface area contributed by atoms with Gasteiger partial charge < -0.3 is 10.6 Å². The first-order chi connectivity index (χ1) is 9.56. The van der Waals surface area contributed by atoms with E-state index in [0.29, 0.717) is 11.3 Å². The van der Waals surface area contributed by atoms with Crippen molar-refractivity contribution in [2.45, 2.75) is 45.1 Å². The largest absolute Gasteiger partial charge is 0.335 e. The van der Waals surface area contributed by atoms with Crippen LogP contribution in [-0.2, 0) is 0 Å². The summed E-state index contributed by atoms with van der Waals surface area (Å²) in [5.74, 6) is 0. The second-order valence-electron chi connectivity index (χ2n) is 5.19. The van der Waals surface area contributed by atoms with Crippen molar-refractivity contribution in [1.29, 1.82) is 0 Å². The minimum Gasteiger partial charge on any atom is -0.335 e. The molecule has 0 bridgehead atoms.